The summed E-state index contributed by atoms with van der Waals surface area (Å²) in [6.45, 7) is 0.943. The second-order valence-corrected chi connectivity index (χ2v) is 7.29. The lowest BCUT2D eigenvalue weighted by atomic mass is 10.2. The molecular weight excluding hydrogens is 368 g/mol. The van der Waals surface area contributed by atoms with Gasteiger partial charge in [-0.2, -0.15) is 0 Å². The van der Waals surface area contributed by atoms with Crippen LogP contribution in [0.2, 0.25) is 5.02 Å². The number of amides is 1. The minimum atomic E-state index is -3.98. The van der Waals surface area contributed by atoms with Gasteiger partial charge in [0.2, 0.25) is 0 Å². The van der Waals surface area contributed by atoms with Gasteiger partial charge in [0.25, 0.3) is 15.9 Å². The lowest BCUT2D eigenvalue weighted by molar-refractivity contribution is 0.0945. The van der Waals surface area contributed by atoms with Crippen LogP contribution in [0, 0.1) is 0 Å². The molecule has 0 aromatic heterocycles. The number of hydrogen-bond acceptors (Lipinski definition) is 5. The van der Waals surface area contributed by atoms with Crippen molar-refractivity contribution in [2.24, 2.45) is 0 Å². The number of ether oxygens (including phenoxy) is 2. The van der Waals surface area contributed by atoms with E-state index in [1.54, 1.807) is 12.1 Å². The van der Waals surface area contributed by atoms with Crippen LogP contribution < -0.4 is 19.7 Å². The molecule has 9 heteroatoms. The zero-order valence-corrected chi connectivity index (χ0v) is 14.6. The third kappa shape index (κ3) is 4.04. The van der Waals surface area contributed by atoms with Crippen LogP contribution in [-0.4, -0.2) is 27.5 Å². The van der Waals surface area contributed by atoms with Crippen molar-refractivity contribution in [3.63, 3.8) is 0 Å². The SMILES string of the molecule is O=C(NNS(=O)(=O)c1ccc2c(c1)OCCCO2)c1ccccc1Cl. The van der Waals surface area contributed by atoms with Crippen LogP contribution in [0.15, 0.2) is 47.4 Å². The second-order valence-electron chi connectivity index (χ2n) is 5.20. The normalized spacial score (nSPS) is 13.8. The minimum absolute atomic E-state index is 0.0591. The lowest BCUT2D eigenvalue weighted by Crippen LogP contribution is -2.41. The van der Waals surface area contributed by atoms with Gasteiger partial charge < -0.3 is 9.47 Å². The highest BCUT2D eigenvalue weighted by molar-refractivity contribution is 7.89. The maximum absolute atomic E-state index is 12.4. The standard InChI is InChI=1S/C16H15ClN2O5S/c17-13-5-2-1-4-12(13)16(20)18-19-25(21,22)11-6-7-14-15(10-11)24-9-3-8-23-14/h1-2,4-7,10,19H,3,8-9H2,(H,18,20). The third-order valence-electron chi connectivity index (χ3n) is 3.45. The predicted octanol–water partition coefficient (Wildman–Crippen LogP) is 2.12. The summed E-state index contributed by atoms with van der Waals surface area (Å²) in [7, 11) is -3.98. The van der Waals surface area contributed by atoms with Gasteiger partial charge in [-0.15, -0.1) is 4.83 Å². The first-order chi connectivity index (χ1) is 12.0. The molecule has 1 heterocycles. The Morgan fingerprint density at radius 3 is 2.52 bits per heavy atom. The van der Waals surface area contributed by atoms with Crippen molar-refractivity contribution in [1.82, 2.24) is 10.3 Å². The number of hydrogen-bond donors (Lipinski definition) is 2. The number of fused-ring (bicyclic) bond motifs is 1. The Labute approximate surface area is 149 Å². The summed E-state index contributed by atoms with van der Waals surface area (Å²) >= 11 is 5.91. The molecule has 1 aliphatic heterocycles. The number of carbonyl (C=O) groups excluding carboxylic acids is 1. The summed E-state index contributed by atoms with van der Waals surface area (Å²) in [6.07, 6.45) is 0.711. The Morgan fingerprint density at radius 1 is 1.04 bits per heavy atom. The highest BCUT2D eigenvalue weighted by Crippen LogP contribution is 2.31. The molecule has 0 atom stereocenters. The Balaban J connectivity index is 1.75. The van der Waals surface area contributed by atoms with E-state index in [0.29, 0.717) is 31.1 Å². The van der Waals surface area contributed by atoms with Gasteiger partial charge in [0, 0.05) is 12.5 Å². The summed E-state index contributed by atoms with van der Waals surface area (Å²) < 4.78 is 35.7. The van der Waals surface area contributed by atoms with E-state index in [-0.39, 0.29) is 15.5 Å². The van der Waals surface area contributed by atoms with Crippen LogP contribution in [0.5, 0.6) is 11.5 Å². The maximum atomic E-state index is 12.4. The Hall–Kier alpha value is -2.29. The number of halogens is 1. The Morgan fingerprint density at radius 2 is 1.76 bits per heavy atom. The van der Waals surface area contributed by atoms with Crippen LogP contribution >= 0.6 is 11.6 Å². The first-order valence-corrected chi connectivity index (χ1v) is 9.30. The van der Waals surface area contributed by atoms with Crippen molar-refractivity contribution < 1.29 is 22.7 Å². The molecule has 2 aromatic rings. The quantitative estimate of drug-likeness (QED) is 0.790. The number of carbonyl (C=O) groups is 1. The Kier molecular flexibility index (Phi) is 5.12. The van der Waals surface area contributed by atoms with Gasteiger partial charge in [0.1, 0.15) is 0 Å². The summed E-state index contributed by atoms with van der Waals surface area (Å²) in [4.78, 5) is 14.0. The molecule has 2 aromatic carbocycles. The molecule has 132 valence electrons. The van der Waals surface area contributed by atoms with Crippen molar-refractivity contribution in [3.05, 3.63) is 53.1 Å². The molecule has 0 spiro atoms. The van der Waals surface area contributed by atoms with Gasteiger partial charge in [-0.25, -0.2) is 8.42 Å². The maximum Gasteiger partial charge on any atom is 0.267 e. The van der Waals surface area contributed by atoms with Crippen molar-refractivity contribution in [2.45, 2.75) is 11.3 Å². The van der Waals surface area contributed by atoms with E-state index in [2.05, 4.69) is 5.43 Å². The second kappa shape index (κ2) is 7.30. The molecular formula is C16H15ClN2O5S. The lowest BCUT2D eigenvalue weighted by Gasteiger charge is -2.12. The average molecular weight is 383 g/mol. The van der Waals surface area contributed by atoms with Crippen LogP contribution in [0.25, 0.3) is 0 Å². The number of hydrazine groups is 1. The first-order valence-electron chi connectivity index (χ1n) is 7.44. The van der Waals surface area contributed by atoms with Crippen molar-refractivity contribution in [3.8, 4) is 11.5 Å². The molecule has 3 rings (SSSR count). The summed E-state index contributed by atoms with van der Waals surface area (Å²) in [5, 5.41) is 0.217. The van der Waals surface area contributed by atoms with E-state index in [1.807, 2.05) is 4.83 Å². The zero-order chi connectivity index (χ0) is 17.9. The smallest absolute Gasteiger partial charge is 0.267 e. The molecule has 1 aliphatic rings. The van der Waals surface area contributed by atoms with Gasteiger partial charge in [-0.3, -0.25) is 10.2 Å². The van der Waals surface area contributed by atoms with E-state index in [0.717, 1.165) is 0 Å². The molecule has 0 aliphatic carbocycles. The topological polar surface area (TPSA) is 93.7 Å². The van der Waals surface area contributed by atoms with Crippen LogP contribution in [-0.2, 0) is 10.0 Å². The minimum Gasteiger partial charge on any atom is -0.490 e. The Bertz CT molecular complexity index is 901. The van der Waals surface area contributed by atoms with Crippen molar-refractivity contribution in [1.29, 1.82) is 0 Å². The number of sulfonamides is 1. The largest absolute Gasteiger partial charge is 0.490 e. The van der Waals surface area contributed by atoms with Gasteiger partial charge >= 0.3 is 0 Å². The first kappa shape index (κ1) is 17.5. The molecule has 2 N–H and O–H groups in total. The molecule has 7 nitrogen and oxygen atoms in total. The average Bonchev–Trinajstić information content (AvgIpc) is 2.85. The van der Waals surface area contributed by atoms with Crippen LogP contribution in [0.1, 0.15) is 16.8 Å². The van der Waals surface area contributed by atoms with E-state index in [4.69, 9.17) is 21.1 Å². The van der Waals surface area contributed by atoms with Gasteiger partial charge in [-0.05, 0) is 24.3 Å². The van der Waals surface area contributed by atoms with Gasteiger partial charge in [0.15, 0.2) is 11.5 Å². The molecule has 0 saturated carbocycles. The fourth-order valence-electron chi connectivity index (χ4n) is 2.20. The van der Waals surface area contributed by atoms with Gasteiger partial charge in [-0.1, -0.05) is 23.7 Å². The highest BCUT2D eigenvalue weighted by atomic mass is 35.5. The monoisotopic (exact) mass is 382 g/mol. The zero-order valence-electron chi connectivity index (χ0n) is 13.0. The molecule has 0 saturated heterocycles. The molecule has 1 amide bonds. The summed E-state index contributed by atoms with van der Waals surface area (Å²) in [6, 6.07) is 10.6. The highest BCUT2D eigenvalue weighted by Gasteiger charge is 2.20. The van der Waals surface area contributed by atoms with E-state index >= 15 is 0 Å². The number of rotatable bonds is 4. The fourth-order valence-corrected chi connectivity index (χ4v) is 3.27. The van der Waals surface area contributed by atoms with E-state index in [9.17, 15) is 13.2 Å². The summed E-state index contributed by atoms with van der Waals surface area (Å²) in [5.41, 5.74) is 2.30. The fraction of sp³-hybridized carbons (Fsp3) is 0.188. The van der Waals surface area contributed by atoms with Crippen molar-refractivity contribution in [2.75, 3.05) is 13.2 Å². The molecule has 25 heavy (non-hydrogen) atoms. The third-order valence-corrected chi connectivity index (χ3v) is 5.02. The molecule has 0 bridgehead atoms. The molecule has 0 fully saturated rings. The summed E-state index contributed by atoms with van der Waals surface area (Å²) in [5.74, 6) is 0.165. The van der Waals surface area contributed by atoms with Crippen LogP contribution in [0.4, 0.5) is 0 Å². The van der Waals surface area contributed by atoms with E-state index in [1.165, 1.54) is 30.3 Å². The van der Waals surface area contributed by atoms with E-state index < -0.39 is 15.9 Å². The molecule has 0 radical (unpaired) electrons. The molecule has 0 unspecified atom stereocenters. The van der Waals surface area contributed by atoms with Crippen molar-refractivity contribution >= 4 is 27.5 Å². The number of benzene rings is 2. The van der Waals surface area contributed by atoms with Gasteiger partial charge in [0.05, 0.1) is 28.7 Å². The number of nitrogens with one attached hydrogen (secondary N) is 2. The predicted molar refractivity (Wildman–Crippen MR) is 91.3 cm³/mol. The van der Waals surface area contributed by atoms with Crippen LogP contribution in [0.3, 0.4) is 0 Å².